The highest BCUT2D eigenvalue weighted by molar-refractivity contribution is 4.91. The number of rotatable bonds is 8. The second-order valence-corrected chi connectivity index (χ2v) is 7.52. The Bertz CT molecular complexity index is 268. The first kappa shape index (κ1) is 17.9. The van der Waals surface area contributed by atoms with Gasteiger partial charge in [0.2, 0.25) is 0 Å². The van der Waals surface area contributed by atoms with Gasteiger partial charge >= 0.3 is 0 Å². The van der Waals surface area contributed by atoms with E-state index in [9.17, 15) is 5.11 Å². The Morgan fingerprint density at radius 3 is 2.50 bits per heavy atom. The Morgan fingerprint density at radius 2 is 2.00 bits per heavy atom. The summed E-state index contributed by atoms with van der Waals surface area (Å²) in [6, 6.07) is 1.06. The van der Waals surface area contributed by atoms with Crippen LogP contribution in [-0.4, -0.2) is 48.3 Å². The van der Waals surface area contributed by atoms with Crippen LogP contribution in [0.4, 0.5) is 0 Å². The summed E-state index contributed by atoms with van der Waals surface area (Å²) in [4.78, 5) is 2.46. The van der Waals surface area contributed by atoms with Crippen LogP contribution in [0.1, 0.15) is 60.3 Å². The molecule has 1 rings (SSSR count). The molecule has 3 heteroatoms. The molecule has 0 bridgehead atoms. The van der Waals surface area contributed by atoms with Gasteiger partial charge in [0.1, 0.15) is 0 Å². The van der Waals surface area contributed by atoms with Crippen molar-refractivity contribution in [2.45, 2.75) is 72.4 Å². The third-order valence-corrected chi connectivity index (χ3v) is 4.73. The van der Waals surface area contributed by atoms with E-state index in [0.717, 1.165) is 25.6 Å². The highest BCUT2D eigenvalue weighted by atomic mass is 16.3. The molecule has 0 amide bonds. The summed E-state index contributed by atoms with van der Waals surface area (Å²) in [7, 11) is 0. The van der Waals surface area contributed by atoms with E-state index < -0.39 is 0 Å². The zero-order valence-corrected chi connectivity index (χ0v) is 14.3. The van der Waals surface area contributed by atoms with Crippen molar-refractivity contribution in [1.82, 2.24) is 10.2 Å². The molecule has 2 N–H and O–H groups in total. The monoisotopic (exact) mass is 284 g/mol. The molecular weight excluding hydrogens is 248 g/mol. The van der Waals surface area contributed by atoms with Crippen molar-refractivity contribution in [3.63, 3.8) is 0 Å². The molecule has 3 nitrogen and oxygen atoms in total. The Hall–Kier alpha value is -0.120. The van der Waals surface area contributed by atoms with Crippen molar-refractivity contribution in [2.24, 2.45) is 11.3 Å². The molecule has 0 spiro atoms. The number of hydrogen-bond acceptors (Lipinski definition) is 3. The molecule has 0 aliphatic heterocycles. The van der Waals surface area contributed by atoms with E-state index in [1.807, 2.05) is 0 Å². The van der Waals surface area contributed by atoms with Crippen molar-refractivity contribution >= 4 is 0 Å². The van der Waals surface area contributed by atoms with Crippen LogP contribution in [0.2, 0.25) is 0 Å². The van der Waals surface area contributed by atoms with Gasteiger partial charge in [-0.25, -0.2) is 0 Å². The Morgan fingerprint density at radius 1 is 1.30 bits per heavy atom. The summed E-state index contributed by atoms with van der Waals surface area (Å²) >= 11 is 0. The predicted octanol–water partition coefficient (Wildman–Crippen LogP) is 2.88. The van der Waals surface area contributed by atoms with E-state index >= 15 is 0 Å². The minimum atomic E-state index is 0.265. The van der Waals surface area contributed by atoms with E-state index in [0.29, 0.717) is 17.5 Å². The first-order valence-electron chi connectivity index (χ1n) is 8.47. The van der Waals surface area contributed by atoms with E-state index in [1.54, 1.807) is 0 Å². The normalized spacial score (nSPS) is 27.8. The van der Waals surface area contributed by atoms with Crippen molar-refractivity contribution in [3.8, 4) is 0 Å². The molecule has 0 aromatic carbocycles. The molecule has 0 saturated heterocycles. The largest absolute Gasteiger partial charge is 0.395 e. The molecule has 0 aromatic rings. The van der Waals surface area contributed by atoms with Crippen LogP contribution in [0, 0.1) is 11.3 Å². The maximum Gasteiger partial charge on any atom is 0.0558 e. The molecule has 20 heavy (non-hydrogen) atoms. The molecular formula is C17H36N2O. The Balaban J connectivity index is 2.74. The lowest BCUT2D eigenvalue weighted by Gasteiger charge is -2.45. The Kier molecular flexibility index (Phi) is 7.49. The van der Waals surface area contributed by atoms with Gasteiger partial charge in [0.25, 0.3) is 0 Å². The van der Waals surface area contributed by atoms with Crippen LogP contribution in [0.5, 0.6) is 0 Å². The van der Waals surface area contributed by atoms with Crippen LogP contribution >= 0.6 is 0 Å². The molecule has 1 aliphatic rings. The summed E-state index contributed by atoms with van der Waals surface area (Å²) < 4.78 is 0. The van der Waals surface area contributed by atoms with Gasteiger partial charge in [-0.15, -0.1) is 0 Å². The molecule has 1 fully saturated rings. The molecule has 120 valence electrons. The van der Waals surface area contributed by atoms with Crippen LogP contribution < -0.4 is 5.32 Å². The second-order valence-electron chi connectivity index (χ2n) is 7.52. The van der Waals surface area contributed by atoms with Gasteiger partial charge < -0.3 is 10.4 Å². The number of nitrogens with zero attached hydrogens (tertiary/aromatic N) is 1. The maximum absolute atomic E-state index is 9.31. The second kappa shape index (κ2) is 8.35. The maximum atomic E-state index is 9.31. The number of aliphatic hydroxyl groups is 1. The van der Waals surface area contributed by atoms with Gasteiger partial charge in [-0.3, -0.25) is 4.90 Å². The number of nitrogens with one attached hydrogen (secondary N) is 1. The summed E-state index contributed by atoms with van der Waals surface area (Å²) in [5.41, 5.74) is 0.390. The smallest absolute Gasteiger partial charge is 0.0558 e. The SMILES string of the molecule is CC1CCCC(CNC(C)C)(CN(CCO)C(C)C)C1. The molecule has 1 aliphatic carbocycles. The van der Waals surface area contributed by atoms with E-state index in [-0.39, 0.29) is 6.61 Å². The summed E-state index contributed by atoms with van der Waals surface area (Å²) in [6.07, 6.45) is 5.38. The fourth-order valence-electron chi connectivity index (χ4n) is 3.63. The van der Waals surface area contributed by atoms with Crippen LogP contribution in [-0.2, 0) is 0 Å². The van der Waals surface area contributed by atoms with Gasteiger partial charge in [0.15, 0.2) is 0 Å². The first-order valence-corrected chi connectivity index (χ1v) is 8.47. The average Bonchev–Trinajstić information content (AvgIpc) is 2.36. The predicted molar refractivity (Wildman–Crippen MR) is 87.0 cm³/mol. The molecule has 1 saturated carbocycles. The summed E-state index contributed by atoms with van der Waals surface area (Å²) in [6.45, 7) is 14.6. The fraction of sp³-hybridized carbons (Fsp3) is 1.00. The zero-order chi connectivity index (χ0) is 15.2. The lowest BCUT2D eigenvalue weighted by molar-refractivity contribution is 0.0534. The van der Waals surface area contributed by atoms with Gasteiger partial charge in [-0.2, -0.15) is 0 Å². The fourth-order valence-corrected chi connectivity index (χ4v) is 3.63. The van der Waals surface area contributed by atoms with Crippen LogP contribution in [0.25, 0.3) is 0 Å². The van der Waals surface area contributed by atoms with E-state index in [1.165, 1.54) is 25.7 Å². The molecule has 2 atom stereocenters. The third-order valence-electron chi connectivity index (χ3n) is 4.73. The third kappa shape index (κ3) is 5.71. The highest BCUT2D eigenvalue weighted by Crippen LogP contribution is 2.40. The highest BCUT2D eigenvalue weighted by Gasteiger charge is 2.36. The number of hydrogen-bond donors (Lipinski definition) is 2. The van der Waals surface area contributed by atoms with Crippen molar-refractivity contribution in [1.29, 1.82) is 0 Å². The quantitative estimate of drug-likeness (QED) is 0.719. The zero-order valence-electron chi connectivity index (χ0n) is 14.3. The summed E-state index contributed by atoms with van der Waals surface area (Å²) in [5.74, 6) is 0.834. The lowest BCUT2D eigenvalue weighted by atomic mass is 9.69. The van der Waals surface area contributed by atoms with Gasteiger partial charge in [0, 0.05) is 31.7 Å². The minimum Gasteiger partial charge on any atom is -0.395 e. The summed E-state index contributed by atoms with van der Waals surface area (Å²) in [5, 5.41) is 13.0. The van der Waals surface area contributed by atoms with Crippen LogP contribution in [0.3, 0.4) is 0 Å². The molecule has 2 unspecified atom stereocenters. The van der Waals surface area contributed by atoms with E-state index in [2.05, 4.69) is 44.8 Å². The van der Waals surface area contributed by atoms with Gasteiger partial charge in [0.05, 0.1) is 6.61 Å². The Labute approximate surface area is 126 Å². The van der Waals surface area contributed by atoms with Crippen molar-refractivity contribution in [3.05, 3.63) is 0 Å². The average molecular weight is 284 g/mol. The van der Waals surface area contributed by atoms with Crippen molar-refractivity contribution < 1.29 is 5.11 Å². The standard InChI is InChI=1S/C17H36N2O/c1-14(2)18-12-17(8-6-7-16(5)11-17)13-19(9-10-20)15(3)4/h14-16,18,20H,6-13H2,1-5H3. The van der Waals surface area contributed by atoms with E-state index in [4.69, 9.17) is 0 Å². The number of aliphatic hydroxyl groups excluding tert-OH is 1. The lowest BCUT2D eigenvalue weighted by Crippen LogP contribution is -2.50. The van der Waals surface area contributed by atoms with Crippen molar-refractivity contribution in [2.75, 3.05) is 26.2 Å². The molecule has 0 radical (unpaired) electrons. The van der Waals surface area contributed by atoms with Gasteiger partial charge in [-0.05, 0) is 38.0 Å². The van der Waals surface area contributed by atoms with Crippen LogP contribution in [0.15, 0.2) is 0 Å². The first-order chi connectivity index (χ1) is 9.38. The molecule has 0 aromatic heterocycles. The van der Waals surface area contributed by atoms with Gasteiger partial charge in [-0.1, -0.05) is 33.6 Å². The topological polar surface area (TPSA) is 35.5 Å². The molecule has 0 heterocycles. The minimum absolute atomic E-state index is 0.265.